The molecule has 5 heteroatoms. The minimum atomic E-state index is -1.10. The number of nitrogens with two attached hydrogens (primary N) is 1. The first kappa shape index (κ1) is 24.2. The molecule has 0 aliphatic carbocycles. The number of phenols is 1. The number of benzene rings is 2. The molecule has 166 valence electrons. The molecule has 0 aliphatic rings. The van der Waals surface area contributed by atoms with E-state index >= 15 is 0 Å². The molecule has 0 saturated carbocycles. The third kappa shape index (κ3) is 6.46. The molecule has 0 fully saturated rings. The molecular weight excluding hydrogens is 378 g/mol. The molecule has 0 saturated heterocycles. The van der Waals surface area contributed by atoms with E-state index in [9.17, 15) is 15.3 Å². The fourth-order valence-corrected chi connectivity index (χ4v) is 4.07. The lowest BCUT2D eigenvalue weighted by Gasteiger charge is -2.28. The number of aliphatic hydroxyl groups excluding tert-OH is 1. The molecule has 5 N–H and O–H groups in total. The molecule has 2 aromatic rings. The van der Waals surface area contributed by atoms with Crippen LogP contribution in [0.4, 0.5) is 5.69 Å². The number of unbranched alkanes of at least 4 members (excludes halogenated alkanes) is 3. The molecular formula is C25H37NO4. The van der Waals surface area contributed by atoms with Gasteiger partial charge in [-0.15, -0.1) is 0 Å². The van der Waals surface area contributed by atoms with Crippen LogP contribution in [0.1, 0.15) is 67.3 Å². The minimum Gasteiger partial charge on any atom is -0.505 e. The lowest BCUT2D eigenvalue weighted by Crippen LogP contribution is -2.22. The lowest BCUT2D eigenvalue weighted by molar-refractivity contribution is 0.0766. The van der Waals surface area contributed by atoms with E-state index in [1.54, 1.807) is 13.8 Å². The average molecular weight is 416 g/mol. The summed E-state index contributed by atoms with van der Waals surface area (Å²) in [6.07, 6.45) is 5.62. The number of ether oxygens (including phenoxy) is 1. The SMILES string of the molecule is Cc1c(CO)c(O)c(N)c(CCCCCCOCCc2ccccc2)c1C(C)(C)O. The van der Waals surface area contributed by atoms with Crippen LogP contribution in [-0.2, 0) is 29.8 Å². The van der Waals surface area contributed by atoms with Gasteiger partial charge < -0.3 is 25.8 Å². The van der Waals surface area contributed by atoms with Crippen molar-refractivity contribution < 1.29 is 20.1 Å². The van der Waals surface area contributed by atoms with Crippen LogP contribution in [0.3, 0.4) is 0 Å². The van der Waals surface area contributed by atoms with Gasteiger partial charge in [0, 0.05) is 12.2 Å². The van der Waals surface area contributed by atoms with Crippen molar-refractivity contribution in [3.05, 3.63) is 58.1 Å². The monoisotopic (exact) mass is 415 g/mol. The van der Waals surface area contributed by atoms with Gasteiger partial charge in [0.2, 0.25) is 0 Å². The van der Waals surface area contributed by atoms with Gasteiger partial charge in [-0.05, 0) is 68.7 Å². The molecule has 0 aromatic heterocycles. The van der Waals surface area contributed by atoms with Crippen molar-refractivity contribution in [3.63, 3.8) is 0 Å². The van der Waals surface area contributed by atoms with Crippen LogP contribution in [0.25, 0.3) is 0 Å². The predicted octanol–water partition coefficient (Wildman–Crippen LogP) is 4.36. The van der Waals surface area contributed by atoms with Crippen molar-refractivity contribution in [3.8, 4) is 5.75 Å². The fraction of sp³-hybridized carbons (Fsp3) is 0.520. The van der Waals surface area contributed by atoms with Gasteiger partial charge in [-0.25, -0.2) is 0 Å². The maximum atomic E-state index is 10.7. The van der Waals surface area contributed by atoms with Crippen molar-refractivity contribution >= 4 is 5.69 Å². The smallest absolute Gasteiger partial charge is 0.144 e. The Hall–Kier alpha value is -2.08. The summed E-state index contributed by atoms with van der Waals surface area (Å²) in [5.74, 6) is -0.0650. The van der Waals surface area contributed by atoms with E-state index in [1.807, 2.05) is 25.1 Å². The number of anilines is 1. The van der Waals surface area contributed by atoms with Gasteiger partial charge in [0.25, 0.3) is 0 Å². The zero-order valence-electron chi connectivity index (χ0n) is 18.6. The molecule has 0 atom stereocenters. The Morgan fingerprint density at radius 1 is 0.933 bits per heavy atom. The van der Waals surface area contributed by atoms with Crippen LogP contribution in [0.5, 0.6) is 5.75 Å². The van der Waals surface area contributed by atoms with Crippen molar-refractivity contribution in [2.24, 2.45) is 0 Å². The molecule has 30 heavy (non-hydrogen) atoms. The number of hydrogen-bond acceptors (Lipinski definition) is 5. The summed E-state index contributed by atoms with van der Waals surface area (Å²) >= 11 is 0. The number of aliphatic hydroxyl groups is 2. The number of hydrogen-bond donors (Lipinski definition) is 4. The highest BCUT2D eigenvalue weighted by Gasteiger charge is 2.28. The Kier molecular flexibility index (Phi) is 9.15. The molecule has 5 nitrogen and oxygen atoms in total. The number of aromatic hydroxyl groups is 1. The third-order valence-electron chi connectivity index (χ3n) is 5.61. The quantitative estimate of drug-likeness (QED) is 0.235. The van der Waals surface area contributed by atoms with E-state index in [2.05, 4.69) is 12.1 Å². The highest BCUT2D eigenvalue weighted by atomic mass is 16.5. The first-order chi connectivity index (χ1) is 14.3. The Morgan fingerprint density at radius 3 is 2.23 bits per heavy atom. The van der Waals surface area contributed by atoms with E-state index in [1.165, 1.54) is 5.56 Å². The zero-order valence-corrected chi connectivity index (χ0v) is 18.6. The highest BCUT2D eigenvalue weighted by Crippen LogP contribution is 2.40. The molecule has 0 unspecified atom stereocenters. The maximum absolute atomic E-state index is 10.7. The van der Waals surface area contributed by atoms with Gasteiger partial charge in [0.1, 0.15) is 5.75 Å². The van der Waals surface area contributed by atoms with E-state index in [0.717, 1.165) is 50.9 Å². The highest BCUT2D eigenvalue weighted by molar-refractivity contribution is 5.68. The molecule has 0 heterocycles. The van der Waals surface area contributed by atoms with Gasteiger partial charge in [0.05, 0.1) is 24.5 Å². The number of rotatable bonds is 12. The Labute approximate surface area is 180 Å². The van der Waals surface area contributed by atoms with Crippen LogP contribution < -0.4 is 5.73 Å². The number of nitrogen functional groups attached to an aromatic ring is 1. The summed E-state index contributed by atoms with van der Waals surface area (Å²) in [7, 11) is 0. The Balaban J connectivity index is 1.80. The Morgan fingerprint density at radius 2 is 1.60 bits per heavy atom. The first-order valence-corrected chi connectivity index (χ1v) is 10.9. The largest absolute Gasteiger partial charge is 0.505 e. The van der Waals surface area contributed by atoms with Gasteiger partial charge in [-0.3, -0.25) is 0 Å². The van der Waals surface area contributed by atoms with Crippen LogP contribution in [0, 0.1) is 6.92 Å². The van der Waals surface area contributed by atoms with Crippen LogP contribution in [0.15, 0.2) is 30.3 Å². The first-order valence-electron chi connectivity index (χ1n) is 10.9. The van der Waals surface area contributed by atoms with E-state index in [-0.39, 0.29) is 18.0 Å². The minimum absolute atomic E-state index is 0.0650. The van der Waals surface area contributed by atoms with E-state index in [0.29, 0.717) is 23.1 Å². The second-order valence-corrected chi connectivity index (χ2v) is 8.45. The topological polar surface area (TPSA) is 95.9 Å². The summed E-state index contributed by atoms with van der Waals surface area (Å²) in [5.41, 5.74) is 9.24. The van der Waals surface area contributed by atoms with E-state index < -0.39 is 5.60 Å². The molecule has 2 aromatic carbocycles. The molecule has 0 bridgehead atoms. The zero-order chi connectivity index (χ0) is 22.1. The molecule has 2 rings (SSSR count). The van der Waals surface area contributed by atoms with Crippen molar-refractivity contribution in [1.29, 1.82) is 0 Å². The summed E-state index contributed by atoms with van der Waals surface area (Å²) in [6.45, 7) is 6.43. The summed E-state index contributed by atoms with van der Waals surface area (Å²) in [5, 5.41) is 30.6. The molecule has 0 radical (unpaired) electrons. The molecule has 0 amide bonds. The molecule has 0 aliphatic heterocycles. The van der Waals surface area contributed by atoms with Gasteiger partial charge in [-0.2, -0.15) is 0 Å². The Bertz CT molecular complexity index is 797. The predicted molar refractivity (Wildman–Crippen MR) is 122 cm³/mol. The fourth-order valence-electron chi connectivity index (χ4n) is 4.07. The second kappa shape index (κ2) is 11.3. The maximum Gasteiger partial charge on any atom is 0.144 e. The van der Waals surface area contributed by atoms with Crippen LogP contribution in [-0.4, -0.2) is 28.5 Å². The average Bonchev–Trinajstić information content (AvgIpc) is 2.70. The normalized spacial score (nSPS) is 11.8. The van der Waals surface area contributed by atoms with E-state index in [4.69, 9.17) is 10.5 Å². The summed E-state index contributed by atoms with van der Waals surface area (Å²) < 4.78 is 5.73. The summed E-state index contributed by atoms with van der Waals surface area (Å²) in [6, 6.07) is 10.3. The summed E-state index contributed by atoms with van der Waals surface area (Å²) in [4.78, 5) is 0. The lowest BCUT2D eigenvalue weighted by atomic mass is 9.83. The van der Waals surface area contributed by atoms with Crippen LogP contribution in [0.2, 0.25) is 0 Å². The standard InChI is InChI=1S/C25H37NO4/c1-18-21(17-27)24(28)23(26)20(22(18)25(2,3)29)13-9-4-5-10-15-30-16-14-19-11-7-6-8-12-19/h6-8,11-12,27-29H,4-5,9-10,13-17,26H2,1-3H3. The van der Waals surface area contributed by atoms with Gasteiger partial charge in [-0.1, -0.05) is 43.2 Å². The van der Waals surface area contributed by atoms with Crippen LogP contribution >= 0.6 is 0 Å². The third-order valence-corrected chi connectivity index (χ3v) is 5.61. The molecule has 0 spiro atoms. The second-order valence-electron chi connectivity index (χ2n) is 8.45. The van der Waals surface area contributed by atoms with Crippen molar-refractivity contribution in [2.75, 3.05) is 18.9 Å². The van der Waals surface area contributed by atoms with Gasteiger partial charge in [0.15, 0.2) is 0 Å². The van der Waals surface area contributed by atoms with Gasteiger partial charge >= 0.3 is 0 Å². The van der Waals surface area contributed by atoms with Crippen molar-refractivity contribution in [1.82, 2.24) is 0 Å². The van der Waals surface area contributed by atoms with Crippen molar-refractivity contribution in [2.45, 2.75) is 71.5 Å².